The van der Waals surface area contributed by atoms with Crippen molar-refractivity contribution >= 4 is 0 Å². The second-order valence-corrected chi connectivity index (χ2v) is 3.11. The summed E-state index contributed by atoms with van der Waals surface area (Å²) < 4.78 is 23.4. The van der Waals surface area contributed by atoms with Crippen LogP contribution in [0.5, 0.6) is 0 Å². The van der Waals surface area contributed by atoms with Crippen LogP contribution in [0.3, 0.4) is 0 Å². The maximum absolute atomic E-state index is 11.8. The molecular formula is C9H16F2. The minimum absolute atomic E-state index is 0.224. The molecule has 0 aliphatic heterocycles. The van der Waals surface area contributed by atoms with Gasteiger partial charge in [0.1, 0.15) is 0 Å². The van der Waals surface area contributed by atoms with Crippen LogP contribution in [-0.2, 0) is 0 Å². The van der Waals surface area contributed by atoms with E-state index in [2.05, 4.69) is 0 Å². The molecule has 0 aliphatic rings. The second kappa shape index (κ2) is 6.32. The predicted molar refractivity (Wildman–Crippen MR) is 43.8 cm³/mol. The number of halogens is 2. The number of alkyl halides is 1. The van der Waals surface area contributed by atoms with Crippen LogP contribution >= 0.6 is 0 Å². The van der Waals surface area contributed by atoms with Crippen LogP contribution in [-0.4, -0.2) is 6.67 Å². The Hall–Kier alpha value is -0.400. The fourth-order valence-electron chi connectivity index (χ4n) is 1.14. The van der Waals surface area contributed by atoms with Crippen molar-refractivity contribution in [2.45, 2.75) is 26.7 Å². The predicted octanol–water partition coefficient (Wildman–Crippen LogP) is 3.49. The van der Waals surface area contributed by atoms with E-state index in [0.717, 1.165) is 6.42 Å². The Morgan fingerprint density at radius 2 is 2.00 bits per heavy atom. The number of rotatable bonds is 5. The van der Waals surface area contributed by atoms with Gasteiger partial charge in [-0.15, -0.1) is 0 Å². The Balaban J connectivity index is 3.48. The maximum atomic E-state index is 11.8. The molecule has 2 unspecified atom stereocenters. The molecule has 0 N–H and O–H groups in total. The van der Waals surface area contributed by atoms with E-state index in [0.29, 0.717) is 18.7 Å². The average Bonchev–Trinajstić information content (AvgIpc) is 1.87. The van der Waals surface area contributed by atoms with Crippen LogP contribution in [0.1, 0.15) is 26.7 Å². The van der Waals surface area contributed by atoms with Gasteiger partial charge in [-0.3, -0.25) is 4.39 Å². The molecule has 0 spiro atoms. The van der Waals surface area contributed by atoms with Gasteiger partial charge in [-0.25, -0.2) is 4.39 Å². The molecule has 0 radical (unpaired) electrons. The molecule has 2 atom stereocenters. The van der Waals surface area contributed by atoms with Gasteiger partial charge in [0, 0.05) is 0 Å². The zero-order valence-corrected chi connectivity index (χ0v) is 7.19. The molecule has 0 saturated carbocycles. The van der Waals surface area contributed by atoms with Gasteiger partial charge in [-0.05, 0) is 24.7 Å². The quantitative estimate of drug-likeness (QED) is 0.580. The van der Waals surface area contributed by atoms with Crippen molar-refractivity contribution in [2.24, 2.45) is 11.8 Å². The molecule has 0 heterocycles. The third-order valence-corrected chi connectivity index (χ3v) is 1.78. The van der Waals surface area contributed by atoms with E-state index in [-0.39, 0.29) is 12.6 Å². The Kier molecular flexibility index (Phi) is 6.09. The lowest BCUT2D eigenvalue weighted by Crippen LogP contribution is -2.01. The van der Waals surface area contributed by atoms with E-state index in [9.17, 15) is 8.78 Å². The molecule has 0 nitrogen and oxygen atoms in total. The molecule has 0 saturated heterocycles. The van der Waals surface area contributed by atoms with Crippen molar-refractivity contribution in [1.82, 2.24) is 0 Å². The van der Waals surface area contributed by atoms with Crippen molar-refractivity contribution in [2.75, 3.05) is 6.67 Å². The molecule has 66 valence electrons. The normalized spacial score (nSPS) is 17.1. The summed E-state index contributed by atoms with van der Waals surface area (Å²) in [4.78, 5) is 0. The average molecular weight is 162 g/mol. The zero-order valence-electron chi connectivity index (χ0n) is 7.19. The molecule has 0 aliphatic carbocycles. The van der Waals surface area contributed by atoms with Gasteiger partial charge < -0.3 is 0 Å². The lowest BCUT2D eigenvalue weighted by atomic mass is 9.95. The fourth-order valence-corrected chi connectivity index (χ4v) is 1.14. The van der Waals surface area contributed by atoms with Gasteiger partial charge in [-0.1, -0.05) is 19.9 Å². The highest BCUT2D eigenvalue weighted by Crippen LogP contribution is 2.16. The van der Waals surface area contributed by atoms with E-state index in [1.807, 2.05) is 13.8 Å². The molecule has 0 aromatic heterocycles. The van der Waals surface area contributed by atoms with Gasteiger partial charge in [0.25, 0.3) is 0 Å². The third-order valence-electron chi connectivity index (χ3n) is 1.78. The van der Waals surface area contributed by atoms with E-state index < -0.39 is 0 Å². The van der Waals surface area contributed by atoms with Crippen LogP contribution in [0.25, 0.3) is 0 Å². The highest BCUT2D eigenvalue weighted by Gasteiger charge is 2.05. The van der Waals surface area contributed by atoms with Crippen LogP contribution in [0, 0.1) is 11.8 Å². The summed E-state index contributed by atoms with van der Waals surface area (Å²) in [7, 11) is 0. The highest BCUT2D eigenvalue weighted by atomic mass is 19.1. The van der Waals surface area contributed by atoms with Crippen LogP contribution < -0.4 is 0 Å². The molecular weight excluding hydrogens is 146 g/mol. The summed E-state index contributed by atoms with van der Waals surface area (Å²) in [5, 5.41) is 0. The summed E-state index contributed by atoms with van der Waals surface area (Å²) in [6, 6.07) is 0. The monoisotopic (exact) mass is 162 g/mol. The second-order valence-electron chi connectivity index (χ2n) is 3.11. The summed E-state index contributed by atoms with van der Waals surface area (Å²) in [6.45, 7) is 3.65. The van der Waals surface area contributed by atoms with Crippen molar-refractivity contribution in [3.05, 3.63) is 12.4 Å². The van der Waals surface area contributed by atoms with Gasteiger partial charge in [0.15, 0.2) is 0 Å². The molecule has 0 amide bonds. The zero-order chi connectivity index (χ0) is 8.69. The van der Waals surface area contributed by atoms with Crippen LogP contribution in [0.15, 0.2) is 12.4 Å². The number of hydrogen-bond acceptors (Lipinski definition) is 0. The Morgan fingerprint density at radius 3 is 2.45 bits per heavy atom. The van der Waals surface area contributed by atoms with E-state index >= 15 is 0 Å². The molecule has 0 bridgehead atoms. The number of hydrogen-bond donors (Lipinski definition) is 0. The van der Waals surface area contributed by atoms with Crippen molar-refractivity contribution < 1.29 is 8.78 Å². The van der Waals surface area contributed by atoms with E-state index in [4.69, 9.17) is 0 Å². The molecule has 0 aromatic rings. The molecule has 0 aromatic carbocycles. The van der Waals surface area contributed by atoms with Crippen molar-refractivity contribution in [3.8, 4) is 0 Å². The molecule has 11 heavy (non-hydrogen) atoms. The van der Waals surface area contributed by atoms with Gasteiger partial charge >= 0.3 is 0 Å². The Labute approximate surface area is 67.3 Å². The smallest absolute Gasteiger partial charge is 0.0897 e. The van der Waals surface area contributed by atoms with E-state index in [1.165, 1.54) is 6.08 Å². The summed E-state index contributed by atoms with van der Waals surface area (Å²) in [5.41, 5.74) is 0. The first-order chi connectivity index (χ1) is 5.20. The summed E-state index contributed by atoms with van der Waals surface area (Å²) >= 11 is 0. The lowest BCUT2D eigenvalue weighted by Gasteiger charge is -2.11. The van der Waals surface area contributed by atoms with E-state index in [1.54, 1.807) is 0 Å². The fraction of sp³-hybridized carbons (Fsp3) is 0.778. The van der Waals surface area contributed by atoms with Crippen molar-refractivity contribution in [3.63, 3.8) is 0 Å². The first-order valence-corrected chi connectivity index (χ1v) is 4.03. The maximum Gasteiger partial charge on any atom is 0.0897 e. The van der Waals surface area contributed by atoms with Gasteiger partial charge in [0.05, 0.1) is 13.0 Å². The van der Waals surface area contributed by atoms with Gasteiger partial charge in [0.2, 0.25) is 0 Å². The third kappa shape index (κ3) is 6.02. The first kappa shape index (κ1) is 10.6. The number of allylic oxidation sites excluding steroid dienone is 1. The van der Waals surface area contributed by atoms with Gasteiger partial charge in [-0.2, -0.15) is 0 Å². The molecule has 0 fully saturated rings. The lowest BCUT2D eigenvalue weighted by molar-refractivity contribution is 0.367. The minimum atomic E-state index is -0.271. The Morgan fingerprint density at radius 1 is 1.36 bits per heavy atom. The summed E-state index contributed by atoms with van der Waals surface area (Å²) in [6.07, 6.45) is 3.52. The summed E-state index contributed by atoms with van der Waals surface area (Å²) in [5.74, 6) is 0.577. The minimum Gasteiger partial charge on any atom is -0.251 e. The molecule has 0 rings (SSSR count). The standard InChI is InChI=1S/C9H16F2/c1-8(3-5-10)7-9(2)4-6-11/h3,5,8-9H,4,6-7H2,1-2H3. The highest BCUT2D eigenvalue weighted by molar-refractivity contribution is 4.80. The van der Waals surface area contributed by atoms with Crippen LogP contribution in [0.2, 0.25) is 0 Å². The largest absolute Gasteiger partial charge is 0.251 e. The first-order valence-electron chi connectivity index (χ1n) is 4.03. The Bertz CT molecular complexity index is 110. The van der Waals surface area contributed by atoms with Crippen LogP contribution in [0.4, 0.5) is 8.78 Å². The SMILES string of the molecule is CC(C=CF)CC(C)CCF. The molecule has 2 heteroatoms. The topological polar surface area (TPSA) is 0 Å². The van der Waals surface area contributed by atoms with Crippen molar-refractivity contribution in [1.29, 1.82) is 0 Å².